The van der Waals surface area contributed by atoms with Gasteiger partial charge in [0.2, 0.25) is 0 Å². The van der Waals surface area contributed by atoms with Crippen LogP contribution in [0, 0.1) is 5.92 Å². The number of carbonyl (C=O) groups is 1. The van der Waals surface area contributed by atoms with Crippen LogP contribution in [0.3, 0.4) is 0 Å². The number of carboxylic acids is 1. The molecule has 0 aromatic rings. The molecule has 21 heavy (non-hydrogen) atoms. The van der Waals surface area contributed by atoms with E-state index >= 15 is 0 Å². The Labute approximate surface area is 131 Å². The minimum absolute atomic E-state index is 0.831. The van der Waals surface area contributed by atoms with Crippen LogP contribution in [0.2, 0.25) is 0 Å². The fourth-order valence-electron chi connectivity index (χ4n) is 3.42. The van der Waals surface area contributed by atoms with Gasteiger partial charge in [-0.05, 0) is 18.8 Å². The van der Waals surface area contributed by atoms with Crippen LogP contribution < -0.4 is 0 Å². The van der Waals surface area contributed by atoms with Gasteiger partial charge in [-0.3, -0.25) is 0 Å². The van der Waals surface area contributed by atoms with E-state index in [0.717, 1.165) is 18.8 Å². The SMILES string of the molecule is O=C(O)C=CCCCCCCCCCCCC1CCCC1. The van der Waals surface area contributed by atoms with Gasteiger partial charge in [0.15, 0.2) is 0 Å². The summed E-state index contributed by atoms with van der Waals surface area (Å²) in [6.07, 6.45) is 23.5. The first-order valence-corrected chi connectivity index (χ1v) is 9.18. The average molecular weight is 294 g/mol. The first kappa shape index (κ1) is 18.3. The van der Waals surface area contributed by atoms with Crippen LogP contribution in [0.1, 0.15) is 96.3 Å². The second-order valence-electron chi connectivity index (χ2n) is 6.65. The summed E-state index contributed by atoms with van der Waals surface area (Å²) in [5.74, 6) is 0.239. The molecule has 0 saturated heterocycles. The molecule has 1 N–H and O–H groups in total. The van der Waals surface area contributed by atoms with Gasteiger partial charge in [0.1, 0.15) is 0 Å². The van der Waals surface area contributed by atoms with Crippen LogP contribution in [0.5, 0.6) is 0 Å². The topological polar surface area (TPSA) is 37.3 Å². The summed E-state index contributed by atoms with van der Waals surface area (Å²) < 4.78 is 0. The number of carboxylic acid groups (broad SMARTS) is 1. The minimum Gasteiger partial charge on any atom is -0.478 e. The van der Waals surface area contributed by atoms with Crippen molar-refractivity contribution in [1.82, 2.24) is 0 Å². The van der Waals surface area contributed by atoms with E-state index in [1.807, 2.05) is 0 Å². The maximum atomic E-state index is 10.3. The van der Waals surface area contributed by atoms with Crippen LogP contribution in [0.4, 0.5) is 0 Å². The molecular weight excluding hydrogens is 260 g/mol. The smallest absolute Gasteiger partial charge is 0.327 e. The van der Waals surface area contributed by atoms with Gasteiger partial charge in [0.05, 0.1) is 0 Å². The Kier molecular flexibility index (Phi) is 11.2. The number of hydrogen-bond acceptors (Lipinski definition) is 1. The third kappa shape index (κ3) is 11.5. The van der Waals surface area contributed by atoms with E-state index in [2.05, 4.69) is 0 Å². The molecular formula is C19H34O2. The Balaban J connectivity index is 1.71. The largest absolute Gasteiger partial charge is 0.478 e. The number of allylic oxidation sites excluding steroid dienone is 1. The fourth-order valence-corrected chi connectivity index (χ4v) is 3.42. The Hall–Kier alpha value is -0.790. The average Bonchev–Trinajstić information content (AvgIpc) is 2.97. The molecule has 0 aromatic carbocycles. The zero-order valence-electron chi connectivity index (χ0n) is 13.7. The first-order chi connectivity index (χ1) is 10.3. The molecule has 0 aromatic heterocycles. The maximum Gasteiger partial charge on any atom is 0.327 e. The van der Waals surface area contributed by atoms with Gasteiger partial charge in [-0.25, -0.2) is 4.79 Å². The molecule has 0 atom stereocenters. The van der Waals surface area contributed by atoms with Gasteiger partial charge < -0.3 is 5.11 Å². The molecule has 0 bridgehead atoms. The maximum absolute atomic E-state index is 10.3. The third-order valence-corrected chi connectivity index (χ3v) is 4.72. The van der Waals surface area contributed by atoms with E-state index in [1.54, 1.807) is 6.08 Å². The van der Waals surface area contributed by atoms with Crippen molar-refractivity contribution in [2.75, 3.05) is 0 Å². The molecule has 1 saturated carbocycles. The quantitative estimate of drug-likeness (QED) is 0.329. The van der Waals surface area contributed by atoms with E-state index in [0.29, 0.717) is 0 Å². The molecule has 2 nitrogen and oxygen atoms in total. The van der Waals surface area contributed by atoms with Crippen LogP contribution >= 0.6 is 0 Å². The molecule has 2 heteroatoms. The van der Waals surface area contributed by atoms with Crippen molar-refractivity contribution in [3.05, 3.63) is 12.2 Å². The summed E-state index contributed by atoms with van der Waals surface area (Å²) in [4.78, 5) is 10.3. The zero-order valence-corrected chi connectivity index (χ0v) is 13.7. The van der Waals surface area contributed by atoms with Gasteiger partial charge in [-0.1, -0.05) is 89.5 Å². The van der Waals surface area contributed by atoms with Crippen molar-refractivity contribution < 1.29 is 9.90 Å². The molecule has 0 amide bonds. The van der Waals surface area contributed by atoms with Gasteiger partial charge in [-0.2, -0.15) is 0 Å². The second-order valence-corrected chi connectivity index (χ2v) is 6.65. The zero-order chi connectivity index (χ0) is 15.2. The summed E-state index contributed by atoms with van der Waals surface area (Å²) in [6, 6.07) is 0. The summed E-state index contributed by atoms with van der Waals surface area (Å²) in [5.41, 5.74) is 0. The second kappa shape index (κ2) is 12.9. The minimum atomic E-state index is -0.831. The molecule has 0 aliphatic heterocycles. The van der Waals surface area contributed by atoms with E-state index in [1.165, 1.54) is 89.5 Å². The van der Waals surface area contributed by atoms with Crippen molar-refractivity contribution >= 4 is 5.97 Å². The van der Waals surface area contributed by atoms with Crippen LogP contribution in [0.15, 0.2) is 12.2 Å². The molecule has 0 unspecified atom stereocenters. The fraction of sp³-hybridized carbons (Fsp3) is 0.842. The Bertz CT molecular complexity index is 277. The molecule has 1 rings (SSSR count). The summed E-state index contributed by atoms with van der Waals surface area (Å²) >= 11 is 0. The summed E-state index contributed by atoms with van der Waals surface area (Å²) in [6.45, 7) is 0. The highest BCUT2D eigenvalue weighted by atomic mass is 16.4. The molecule has 1 aliphatic carbocycles. The van der Waals surface area contributed by atoms with Crippen LogP contribution in [0.25, 0.3) is 0 Å². The van der Waals surface area contributed by atoms with Gasteiger partial charge in [0.25, 0.3) is 0 Å². The van der Waals surface area contributed by atoms with Crippen molar-refractivity contribution in [3.8, 4) is 0 Å². The van der Waals surface area contributed by atoms with Crippen LogP contribution in [-0.2, 0) is 4.79 Å². The Morgan fingerprint density at radius 2 is 1.38 bits per heavy atom. The molecule has 1 aliphatic rings. The number of aliphatic carboxylic acids is 1. The van der Waals surface area contributed by atoms with E-state index in [-0.39, 0.29) is 0 Å². The predicted octanol–water partition coefficient (Wildman–Crippen LogP) is 6.11. The normalized spacial score (nSPS) is 16.0. The lowest BCUT2D eigenvalue weighted by Crippen LogP contribution is -1.92. The number of rotatable bonds is 13. The summed E-state index contributed by atoms with van der Waals surface area (Å²) in [5, 5.41) is 8.45. The van der Waals surface area contributed by atoms with Crippen molar-refractivity contribution in [3.63, 3.8) is 0 Å². The van der Waals surface area contributed by atoms with Crippen molar-refractivity contribution in [2.24, 2.45) is 5.92 Å². The monoisotopic (exact) mass is 294 g/mol. The van der Waals surface area contributed by atoms with E-state index in [9.17, 15) is 4.79 Å². The first-order valence-electron chi connectivity index (χ1n) is 9.18. The Morgan fingerprint density at radius 1 is 0.857 bits per heavy atom. The lowest BCUT2D eigenvalue weighted by atomic mass is 9.99. The molecule has 122 valence electrons. The van der Waals surface area contributed by atoms with Gasteiger partial charge in [-0.15, -0.1) is 0 Å². The van der Waals surface area contributed by atoms with Gasteiger partial charge >= 0.3 is 5.97 Å². The standard InChI is InChI=1S/C19H34O2/c20-19(21)17-11-9-7-5-3-1-2-4-6-8-10-14-18-15-12-13-16-18/h11,17-18H,1-10,12-16H2,(H,20,21). The molecule has 1 fully saturated rings. The van der Waals surface area contributed by atoms with Crippen molar-refractivity contribution in [1.29, 1.82) is 0 Å². The lowest BCUT2D eigenvalue weighted by molar-refractivity contribution is -0.131. The third-order valence-electron chi connectivity index (χ3n) is 4.72. The van der Waals surface area contributed by atoms with E-state index in [4.69, 9.17) is 5.11 Å². The highest BCUT2D eigenvalue weighted by Crippen LogP contribution is 2.29. The highest BCUT2D eigenvalue weighted by Gasteiger charge is 2.13. The predicted molar refractivity (Wildman–Crippen MR) is 89.5 cm³/mol. The van der Waals surface area contributed by atoms with Crippen molar-refractivity contribution in [2.45, 2.75) is 96.3 Å². The lowest BCUT2D eigenvalue weighted by Gasteiger charge is -2.07. The molecule has 0 spiro atoms. The molecule has 0 radical (unpaired) electrons. The van der Waals surface area contributed by atoms with E-state index < -0.39 is 5.97 Å². The van der Waals surface area contributed by atoms with Gasteiger partial charge in [0, 0.05) is 6.08 Å². The Morgan fingerprint density at radius 3 is 1.95 bits per heavy atom. The summed E-state index contributed by atoms with van der Waals surface area (Å²) in [7, 11) is 0. The number of unbranched alkanes of at least 4 members (excludes halogenated alkanes) is 9. The van der Waals surface area contributed by atoms with Crippen LogP contribution in [-0.4, -0.2) is 11.1 Å². The number of hydrogen-bond donors (Lipinski definition) is 1. The highest BCUT2D eigenvalue weighted by molar-refractivity contribution is 5.79. The molecule has 0 heterocycles.